The Balaban J connectivity index is 1.66. The van der Waals surface area contributed by atoms with Gasteiger partial charge < -0.3 is 20.5 Å². The Morgan fingerprint density at radius 3 is 2.09 bits per heavy atom. The highest BCUT2D eigenvalue weighted by Crippen LogP contribution is 2.44. The second-order valence-corrected chi connectivity index (χ2v) is 8.39. The highest BCUT2D eigenvalue weighted by atomic mass is 19.4. The number of aliphatic carboxylic acids is 1. The van der Waals surface area contributed by atoms with Crippen molar-refractivity contribution < 1.29 is 37.4 Å². The summed E-state index contributed by atoms with van der Waals surface area (Å²) in [5.74, 6) is -2.42. The van der Waals surface area contributed by atoms with Gasteiger partial charge in [0.2, 0.25) is 5.91 Å². The number of amides is 2. The Labute approximate surface area is 200 Å². The van der Waals surface area contributed by atoms with Gasteiger partial charge in [0.1, 0.15) is 12.6 Å². The first-order chi connectivity index (χ1) is 16.6. The van der Waals surface area contributed by atoms with Gasteiger partial charge in [-0.2, -0.15) is 13.2 Å². The second-order valence-electron chi connectivity index (χ2n) is 8.39. The Hall–Kier alpha value is -3.56. The van der Waals surface area contributed by atoms with E-state index in [0.717, 1.165) is 22.3 Å². The lowest BCUT2D eigenvalue weighted by Crippen LogP contribution is -2.51. The first kappa shape index (κ1) is 26.1. The number of carboxylic acid groups (broad SMARTS) is 1. The summed E-state index contributed by atoms with van der Waals surface area (Å²) in [6, 6.07) is 12.7. The average molecular weight is 492 g/mol. The third-order valence-electron chi connectivity index (χ3n) is 5.93. The standard InChI is InChI=1S/C25H27F3N2O5/c1-2-15(11-12-22(31)32)29-23(33)21(13-25(26,27)28)30-24(34)35-14-20-18-9-5-3-7-16(18)17-8-4-6-10-19(17)20/h3-10,15,20-21H,2,11-14H2,1H3,(H,29,33)(H,30,34)(H,31,32). The maximum atomic E-state index is 13.1. The molecule has 1 aliphatic rings. The van der Waals surface area contributed by atoms with Crippen LogP contribution in [0.4, 0.5) is 18.0 Å². The molecular weight excluding hydrogens is 465 g/mol. The number of halogens is 3. The van der Waals surface area contributed by atoms with E-state index >= 15 is 0 Å². The molecule has 0 aromatic heterocycles. The number of ether oxygens (including phenoxy) is 1. The molecule has 0 radical (unpaired) electrons. The molecule has 7 nitrogen and oxygen atoms in total. The Morgan fingerprint density at radius 2 is 1.57 bits per heavy atom. The summed E-state index contributed by atoms with van der Waals surface area (Å²) in [5.41, 5.74) is 3.88. The number of carboxylic acids is 1. The minimum Gasteiger partial charge on any atom is -0.481 e. The van der Waals surface area contributed by atoms with E-state index in [4.69, 9.17) is 9.84 Å². The van der Waals surface area contributed by atoms with Crippen LogP contribution >= 0.6 is 0 Å². The fourth-order valence-corrected chi connectivity index (χ4v) is 4.20. The summed E-state index contributed by atoms with van der Waals surface area (Å²) in [6.45, 7) is 1.56. The number of nitrogens with one attached hydrogen (secondary N) is 2. The van der Waals surface area contributed by atoms with Gasteiger partial charge in [-0.3, -0.25) is 9.59 Å². The van der Waals surface area contributed by atoms with E-state index in [1.54, 1.807) is 6.92 Å². The molecule has 0 bridgehead atoms. The smallest absolute Gasteiger partial charge is 0.407 e. The van der Waals surface area contributed by atoms with E-state index in [1.807, 2.05) is 53.8 Å². The van der Waals surface area contributed by atoms with Gasteiger partial charge in [0.15, 0.2) is 0 Å². The molecular formula is C25H27F3N2O5. The fourth-order valence-electron chi connectivity index (χ4n) is 4.20. The van der Waals surface area contributed by atoms with Gasteiger partial charge in [-0.05, 0) is 35.1 Å². The summed E-state index contributed by atoms with van der Waals surface area (Å²) < 4.78 is 44.6. The number of carbonyl (C=O) groups is 3. The summed E-state index contributed by atoms with van der Waals surface area (Å²) in [7, 11) is 0. The lowest BCUT2D eigenvalue weighted by atomic mass is 9.98. The van der Waals surface area contributed by atoms with Crippen molar-refractivity contribution in [3.63, 3.8) is 0 Å². The Morgan fingerprint density at radius 1 is 1.00 bits per heavy atom. The molecule has 0 fully saturated rings. The number of alkyl halides is 3. The Bertz CT molecular complexity index is 1030. The molecule has 10 heteroatoms. The van der Waals surface area contributed by atoms with Crippen LogP contribution in [0.15, 0.2) is 48.5 Å². The van der Waals surface area contributed by atoms with Crippen molar-refractivity contribution >= 4 is 18.0 Å². The van der Waals surface area contributed by atoms with Crippen molar-refractivity contribution in [1.82, 2.24) is 10.6 Å². The van der Waals surface area contributed by atoms with Gasteiger partial charge in [0, 0.05) is 18.4 Å². The number of hydrogen-bond donors (Lipinski definition) is 3. The zero-order valence-electron chi connectivity index (χ0n) is 19.1. The normalized spacial score (nSPS) is 14.4. The van der Waals surface area contributed by atoms with Crippen molar-refractivity contribution in [2.24, 2.45) is 0 Å². The van der Waals surface area contributed by atoms with Crippen LogP contribution < -0.4 is 10.6 Å². The van der Waals surface area contributed by atoms with E-state index in [0.29, 0.717) is 6.42 Å². The van der Waals surface area contributed by atoms with Crippen LogP contribution in [-0.2, 0) is 14.3 Å². The molecule has 0 spiro atoms. The van der Waals surface area contributed by atoms with Crippen LogP contribution in [0.1, 0.15) is 49.7 Å². The van der Waals surface area contributed by atoms with Crippen LogP contribution in [-0.4, -0.2) is 47.9 Å². The summed E-state index contributed by atoms with van der Waals surface area (Å²) in [6.07, 6.45) is -7.32. The molecule has 1 aliphatic carbocycles. The maximum Gasteiger partial charge on any atom is 0.407 e. The number of benzene rings is 2. The summed E-state index contributed by atoms with van der Waals surface area (Å²) >= 11 is 0. The maximum absolute atomic E-state index is 13.1. The van der Waals surface area contributed by atoms with Gasteiger partial charge >= 0.3 is 18.2 Å². The van der Waals surface area contributed by atoms with Crippen LogP contribution in [0.2, 0.25) is 0 Å². The predicted molar refractivity (Wildman–Crippen MR) is 122 cm³/mol. The van der Waals surface area contributed by atoms with E-state index in [-0.39, 0.29) is 25.4 Å². The van der Waals surface area contributed by atoms with Crippen LogP contribution in [0.25, 0.3) is 11.1 Å². The van der Waals surface area contributed by atoms with Crippen LogP contribution in [0.3, 0.4) is 0 Å². The van der Waals surface area contributed by atoms with Crippen molar-refractivity contribution in [2.75, 3.05) is 6.61 Å². The minimum atomic E-state index is -4.72. The monoisotopic (exact) mass is 492 g/mol. The molecule has 2 amide bonds. The zero-order valence-corrected chi connectivity index (χ0v) is 19.1. The number of hydrogen-bond acceptors (Lipinski definition) is 4. The third-order valence-corrected chi connectivity index (χ3v) is 5.93. The predicted octanol–water partition coefficient (Wildman–Crippen LogP) is 4.61. The average Bonchev–Trinajstić information content (AvgIpc) is 3.12. The molecule has 0 saturated heterocycles. The van der Waals surface area contributed by atoms with Gasteiger partial charge in [-0.1, -0.05) is 55.5 Å². The molecule has 0 aliphatic heterocycles. The van der Waals surface area contributed by atoms with Gasteiger partial charge in [0.05, 0.1) is 6.42 Å². The molecule has 2 atom stereocenters. The van der Waals surface area contributed by atoms with Gasteiger partial charge in [-0.25, -0.2) is 4.79 Å². The molecule has 3 N–H and O–H groups in total. The van der Waals surface area contributed by atoms with E-state index in [1.165, 1.54) is 0 Å². The first-order valence-electron chi connectivity index (χ1n) is 11.3. The highest BCUT2D eigenvalue weighted by molar-refractivity contribution is 5.86. The van der Waals surface area contributed by atoms with Crippen molar-refractivity contribution in [3.8, 4) is 11.1 Å². The topological polar surface area (TPSA) is 105 Å². The molecule has 3 rings (SSSR count). The largest absolute Gasteiger partial charge is 0.481 e. The number of carbonyl (C=O) groups excluding carboxylic acids is 2. The van der Waals surface area contributed by atoms with Crippen LogP contribution in [0, 0.1) is 0 Å². The lowest BCUT2D eigenvalue weighted by Gasteiger charge is -2.23. The van der Waals surface area contributed by atoms with E-state index in [2.05, 4.69) is 5.32 Å². The quantitative estimate of drug-likeness (QED) is 0.450. The van der Waals surface area contributed by atoms with E-state index < -0.39 is 42.7 Å². The molecule has 2 aromatic carbocycles. The molecule has 2 unspecified atom stereocenters. The third kappa shape index (κ3) is 6.97. The molecule has 0 heterocycles. The van der Waals surface area contributed by atoms with Crippen LogP contribution in [0.5, 0.6) is 0 Å². The molecule has 2 aromatic rings. The van der Waals surface area contributed by atoms with Crippen molar-refractivity contribution in [3.05, 3.63) is 59.7 Å². The first-order valence-corrected chi connectivity index (χ1v) is 11.3. The SMILES string of the molecule is CCC(CCC(=O)O)NC(=O)C(CC(F)(F)F)NC(=O)OCC1c2ccccc2-c2ccccc21. The number of rotatable bonds is 10. The molecule has 35 heavy (non-hydrogen) atoms. The van der Waals surface area contributed by atoms with Gasteiger partial charge in [-0.15, -0.1) is 0 Å². The fraction of sp³-hybridized carbons (Fsp3) is 0.400. The number of alkyl carbamates (subject to hydrolysis) is 1. The summed E-state index contributed by atoms with van der Waals surface area (Å²) in [4.78, 5) is 35.7. The zero-order chi connectivity index (χ0) is 25.6. The van der Waals surface area contributed by atoms with Gasteiger partial charge in [0.25, 0.3) is 0 Å². The van der Waals surface area contributed by atoms with E-state index in [9.17, 15) is 27.6 Å². The lowest BCUT2D eigenvalue weighted by molar-refractivity contribution is -0.149. The molecule has 0 saturated carbocycles. The number of fused-ring (bicyclic) bond motifs is 3. The summed E-state index contributed by atoms with van der Waals surface area (Å²) in [5, 5.41) is 13.2. The second kappa shape index (κ2) is 11.2. The minimum absolute atomic E-state index is 0.0568. The Kier molecular flexibility index (Phi) is 8.37. The highest BCUT2D eigenvalue weighted by Gasteiger charge is 2.37. The van der Waals surface area contributed by atoms with Crippen molar-refractivity contribution in [1.29, 1.82) is 0 Å². The van der Waals surface area contributed by atoms with Crippen molar-refractivity contribution in [2.45, 2.75) is 56.8 Å². The molecule has 188 valence electrons.